The van der Waals surface area contributed by atoms with E-state index in [1.807, 2.05) is 28.8 Å². The summed E-state index contributed by atoms with van der Waals surface area (Å²) in [5.74, 6) is 0.161. The third-order valence-electron chi connectivity index (χ3n) is 4.80. The molecule has 19 heavy (non-hydrogen) atoms. The SMILES string of the molecule is CCC1(CC)CCN(C(=O)c2cc(Br)cn2C)CC1. The summed E-state index contributed by atoms with van der Waals surface area (Å²) in [5, 5.41) is 0. The van der Waals surface area contributed by atoms with Crippen molar-refractivity contribution in [3.05, 3.63) is 22.4 Å². The summed E-state index contributed by atoms with van der Waals surface area (Å²) in [6, 6.07) is 1.91. The molecule has 0 atom stereocenters. The number of likely N-dealkylation sites (tertiary alicyclic amines) is 1. The van der Waals surface area contributed by atoms with Gasteiger partial charge in [0.2, 0.25) is 0 Å². The quantitative estimate of drug-likeness (QED) is 0.828. The zero-order chi connectivity index (χ0) is 14.0. The lowest BCUT2D eigenvalue weighted by atomic mass is 9.74. The van der Waals surface area contributed by atoms with E-state index < -0.39 is 0 Å². The summed E-state index contributed by atoms with van der Waals surface area (Å²) in [4.78, 5) is 14.5. The monoisotopic (exact) mass is 326 g/mol. The highest BCUT2D eigenvalue weighted by molar-refractivity contribution is 9.10. The zero-order valence-electron chi connectivity index (χ0n) is 12.1. The first-order chi connectivity index (χ1) is 9.01. The molecular weight excluding hydrogens is 304 g/mol. The van der Waals surface area contributed by atoms with Crippen LogP contribution in [0.1, 0.15) is 50.0 Å². The number of carbonyl (C=O) groups excluding carboxylic acids is 1. The molecule has 1 aliphatic heterocycles. The number of aromatic nitrogens is 1. The third kappa shape index (κ3) is 2.88. The van der Waals surface area contributed by atoms with Gasteiger partial charge in [0.05, 0.1) is 0 Å². The van der Waals surface area contributed by atoms with Crippen LogP contribution in [0.4, 0.5) is 0 Å². The average Bonchev–Trinajstić information content (AvgIpc) is 2.77. The van der Waals surface area contributed by atoms with Gasteiger partial charge < -0.3 is 9.47 Å². The van der Waals surface area contributed by atoms with Gasteiger partial charge >= 0.3 is 0 Å². The second-order valence-corrected chi connectivity index (χ2v) is 6.57. The Morgan fingerprint density at radius 2 is 1.89 bits per heavy atom. The Bertz CT molecular complexity index is 453. The molecular formula is C15H23BrN2O. The van der Waals surface area contributed by atoms with Gasteiger partial charge in [0.1, 0.15) is 5.69 Å². The normalized spacial score (nSPS) is 18.6. The smallest absolute Gasteiger partial charge is 0.270 e. The van der Waals surface area contributed by atoms with Crippen molar-refractivity contribution in [3.8, 4) is 0 Å². The Hall–Kier alpha value is -0.770. The molecule has 1 saturated heterocycles. The number of halogens is 1. The maximum absolute atomic E-state index is 12.5. The van der Waals surface area contributed by atoms with E-state index in [1.54, 1.807) is 0 Å². The summed E-state index contributed by atoms with van der Waals surface area (Å²) in [5.41, 5.74) is 1.23. The lowest BCUT2D eigenvalue weighted by molar-refractivity contribution is 0.0549. The maximum Gasteiger partial charge on any atom is 0.270 e. The lowest BCUT2D eigenvalue weighted by Gasteiger charge is -2.41. The van der Waals surface area contributed by atoms with Gasteiger partial charge in [0, 0.05) is 30.8 Å². The number of hydrogen-bond donors (Lipinski definition) is 0. The van der Waals surface area contributed by atoms with E-state index in [0.717, 1.165) is 36.1 Å². The first-order valence-corrected chi connectivity index (χ1v) is 7.92. The van der Waals surface area contributed by atoms with Crippen LogP contribution in [0.3, 0.4) is 0 Å². The fourth-order valence-electron chi connectivity index (χ4n) is 3.04. The van der Waals surface area contributed by atoms with Crippen LogP contribution in [0.5, 0.6) is 0 Å². The van der Waals surface area contributed by atoms with Crippen molar-refractivity contribution < 1.29 is 4.79 Å². The van der Waals surface area contributed by atoms with Crippen molar-refractivity contribution in [1.82, 2.24) is 9.47 Å². The van der Waals surface area contributed by atoms with E-state index in [0.29, 0.717) is 5.41 Å². The van der Waals surface area contributed by atoms with Gasteiger partial charge in [-0.15, -0.1) is 0 Å². The Labute approximate surface area is 124 Å². The van der Waals surface area contributed by atoms with Gasteiger partial charge in [0.15, 0.2) is 0 Å². The lowest BCUT2D eigenvalue weighted by Crippen LogP contribution is -2.43. The molecule has 2 rings (SSSR count). The van der Waals surface area contributed by atoms with Crippen molar-refractivity contribution in [2.24, 2.45) is 12.5 Å². The van der Waals surface area contributed by atoms with E-state index in [1.165, 1.54) is 12.8 Å². The van der Waals surface area contributed by atoms with Gasteiger partial charge in [-0.2, -0.15) is 0 Å². The van der Waals surface area contributed by atoms with Crippen LogP contribution in [0, 0.1) is 5.41 Å². The number of aryl methyl sites for hydroxylation is 1. The van der Waals surface area contributed by atoms with E-state index in [-0.39, 0.29) is 5.91 Å². The van der Waals surface area contributed by atoms with E-state index in [9.17, 15) is 4.79 Å². The molecule has 0 aliphatic carbocycles. The number of rotatable bonds is 3. The molecule has 3 nitrogen and oxygen atoms in total. The predicted molar refractivity (Wildman–Crippen MR) is 81.3 cm³/mol. The molecule has 1 aliphatic rings. The van der Waals surface area contributed by atoms with Gasteiger partial charge in [-0.3, -0.25) is 4.79 Å². The fourth-order valence-corrected chi connectivity index (χ4v) is 3.56. The van der Waals surface area contributed by atoms with Crippen LogP contribution in [-0.4, -0.2) is 28.5 Å². The third-order valence-corrected chi connectivity index (χ3v) is 5.24. The number of piperidine rings is 1. The van der Waals surface area contributed by atoms with Crippen molar-refractivity contribution in [3.63, 3.8) is 0 Å². The molecule has 0 bridgehead atoms. The van der Waals surface area contributed by atoms with Crippen molar-refractivity contribution in [1.29, 1.82) is 0 Å². The van der Waals surface area contributed by atoms with Crippen molar-refractivity contribution in [2.75, 3.05) is 13.1 Å². The first-order valence-electron chi connectivity index (χ1n) is 7.12. The molecule has 0 N–H and O–H groups in total. The molecule has 4 heteroatoms. The summed E-state index contributed by atoms with van der Waals surface area (Å²) in [6.07, 6.45) is 6.65. The van der Waals surface area contributed by atoms with Gasteiger partial charge in [-0.1, -0.05) is 26.7 Å². The van der Waals surface area contributed by atoms with Crippen molar-refractivity contribution >= 4 is 21.8 Å². The largest absolute Gasteiger partial charge is 0.345 e. The summed E-state index contributed by atoms with van der Waals surface area (Å²) in [6.45, 7) is 6.33. The number of carbonyl (C=O) groups is 1. The van der Waals surface area contributed by atoms with Crippen molar-refractivity contribution in [2.45, 2.75) is 39.5 Å². The Balaban J connectivity index is 2.06. The molecule has 2 heterocycles. The topological polar surface area (TPSA) is 25.2 Å². The minimum atomic E-state index is 0.161. The summed E-state index contributed by atoms with van der Waals surface area (Å²) >= 11 is 3.42. The number of hydrogen-bond acceptors (Lipinski definition) is 1. The van der Waals surface area contributed by atoms with Gasteiger partial charge in [-0.05, 0) is 40.3 Å². The highest BCUT2D eigenvalue weighted by atomic mass is 79.9. The Kier molecular flexibility index (Phi) is 4.39. The number of amides is 1. The Morgan fingerprint density at radius 1 is 1.32 bits per heavy atom. The first kappa shape index (κ1) is 14.6. The summed E-state index contributed by atoms with van der Waals surface area (Å²) < 4.78 is 2.86. The molecule has 1 aromatic heterocycles. The number of nitrogens with zero attached hydrogens (tertiary/aromatic N) is 2. The zero-order valence-corrected chi connectivity index (χ0v) is 13.7. The summed E-state index contributed by atoms with van der Waals surface area (Å²) in [7, 11) is 1.92. The molecule has 106 valence electrons. The van der Waals surface area contributed by atoms with E-state index in [2.05, 4.69) is 29.8 Å². The molecule has 0 saturated carbocycles. The van der Waals surface area contributed by atoms with Gasteiger partial charge in [0.25, 0.3) is 5.91 Å². The highest BCUT2D eigenvalue weighted by Gasteiger charge is 2.33. The van der Waals surface area contributed by atoms with Crippen LogP contribution in [0.15, 0.2) is 16.7 Å². The van der Waals surface area contributed by atoms with Crippen LogP contribution < -0.4 is 0 Å². The minimum Gasteiger partial charge on any atom is -0.345 e. The minimum absolute atomic E-state index is 0.161. The Morgan fingerprint density at radius 3 is 2.32 bits per heavy atom. The predicted octanol–water partition coefficient (Wildman–Crippen LogP) is 3.83. The second-order valence-electron chi connectivity index (χ2n) is 5.65. The fraction of sp³-hybridized carbons (Fsp3) is 0.667. The van der Waals surface area contributed by atoms with Crippen LogP contribution in [0.2, 0.25) is 0 Å². The maximum atomic E-state index is 12.5. The standard InChI is InChI=1S/C15H23BrN2O/c1-4-15(5-2)6-8-18(9-7-15)14(19)13-10-12(16)11-17(13)3/h10-11H,4-9H2,1-3H3. The second kappa shape index (κ2) is 5.70. The van der Waals surface area contributed by atoms with E-state index in [4.69, 9.17) is 0 Å². The highest BCUT2D eigenvalue weighted by Crippen LogP contribution is 2.38. The molecule has 1 aromatic rings. The average molecular weight is 327 g/mol. The van der Waals surface area contributed by atoms with E-state index >= 15 is 0 Å². The molecule has 1 amide bonds. The molecule has 0 radical (unpaired) electrons. The molecule has 0 unspecified atom stereocenters. The molecule has 0 aromatic carbocycles. The van der Waals surface area contributed by atoms with Crippen LogP contribution in [0.25, 0.3) is 0 Å². The molecule has 0 spiro atoms. The van der Waals surface area contributed by atoms with Gasteiger partial charge in [-0.25, -0.2) is 0 Å². The van der Waals surface area contributed by atoms with Crippen LogP contribution >= 0.6 is 15.9 Å². The van der Waals surface area contributed by atoms with Crippen LogP contribution in [-0.2, 0) is 7.05 Å². The molecule has 1 fully saturated rings.